The van der Waals surface area contributed by atoms with Gasteiger partial charge in [-0.25, -0.2) is 8.78 Å². The first kappa shape index (κ1) is 21.1. The molecule has 0 unspecified atom stereocenters. The van der Waals surface area contributed by atoms with Gasteiger partial charge in [0.1, 0.15) is 23.5 Å². The van der Waals surface area contributed by atoms with Crippen molar-refractivity contribution in [3.05, 3.63) is 42.0 Å². The van der Waals surface area contributed by atoms with Gasteiger partial charge < -0.3 is 34.7 Å². The van der Waals surface area contributed by atoms with Crippen LogP contribution in [0.1, 0.15) is 6.42 Å². The summed E-state index contributed by atoms with van der Waals surface area (Å²) < 4.78 is 40.9. The number of hydrogen-bond donors (Lipinski definition) is 4. The summed E-state index contributed by atoms with van der Waals surface area (Å²) in [4.78, 5) is 8.82. The van der Waals surface area contributed by atoms with E-state index >= 15 is 4.39 Å². The summed E-state index contributed by atoms with van der Waals surface area (Å²) in [5, 5.41) is 29.0. The van der Waals surface area contributed by atoms with Crippen molar-refractivity contribution in [2.45, 2.75) is 30.8 Å². The Bertz CT molecular complexity index is 1120. The number of aliphatic hydroxyl groups excluding tert-OH is 3. The highest BCUT2D eigenvalue weighted by Gasteiger charge is 2.37. The number of nitrogens with zero attached hydrogens (tertiary/aromatic N) is 2. The van der Waals surface area contributed by atoms with Gasteiger partial charge in [0.05, 0.1) is 30.4 Å². The summed E-state index contributed by atoms with van der Waals surface area (Å²) in [6.07, 6.45) is -2.31. The molecule has 3 aromatic rings. The molecule has 3 heterocycles. The van der Waals surface area contributed by atoms with Crippen molar-refractivity contribution in [1.29, 1.82) is 0 Å². The van der Waals surface area contributed by atoms with Gasteiger partial charge in [-0.15, -0.1) is 0 Å². The van der Waals surface area contributed by atoms with Crippen LogP contribution in [0.4, 0.5) is 14.5 Å². The highest BCUT2D eigenvalue weighted by atomic mass is 19.1. The third kappa shape index (κ3) is 3.69. The van der Waals surface area contributed by atoms with Crippen LogP contribution < -0.4 is 9.64 Å². The molecule has 2 fully saturated rings. The number of nitrogens with one attached hydrogen (secondary N) is 1. The number of H-pyrrole nitrogens is 1. The molecule has 0 radical (unpaired) electrons. The minimum atomic E-state index is -1.07. The molecular weight excluding hydrogens is 424 g/mol. The lowest BCUT2D eigenvalue weighted by Gasteiger charge is -2.18. The molecule has 0 aliphatic carbocycles. The van der Waals surface area contributed by atoms with Gasteiger partial charge in [0.25, 0.3) is 6.01 Å². The second-order valence-corrected chi connectivity index (χ2v) is 8.12. The second-order valence-electron chi connectivity index (χ2n) is 8.12. The number of hydrogen-bond acceptors (Lipinski definition) is 7. The van der Waals surface area contributed by atoms with E-state index in [1.54, 1.807) is 24.3 Å². The van der Waals surface area contributed by atoms with E-state index in [9.17, 15) is 14.6 Å². The molecular formula is C22H23F2N3O5. The van der Waals surface area contributed by atoms with Crippen LogP contribution in [-0.2, 0) is 4.74 Å². The van der Waals surface area contributed by atoms with Crippen LogP contribution in [0, 0.1) is 11.6 Å². The number of aromatic nitrogens is 2. The largest absolute Gasteiger partial charge is 0.456 e. The number of ether oxygens (including phenoxy) is 2. The van der Waals surface area contributed by atoms with Crippen LogP contribution in [0.5, 0.6) is 6.01 Å². The number of benzene rings is 2. The maximum atomic E-state index is 15.3. The van der Waals surface area contributed by atoms with Crippen LogP contribution in [0.15, 0.2) is 30.3 Å². The molecule has 1 aromatic heterocycles. The summed E-state index contributed by atoms with van der Waals surface area (Å²) in [6.45, 7) is 0.933. The number of fused-ring (bicyclic) bond motifs is 1. The van der Waals surface area contributed by atoms with Crippen molar-refractivity contribution in [2.24, 2.45) is 0 Å². The van der Waals surface area contributed by atoms with Gasteiger partial charge in [-0.05, 0) is 24.1 Å². The van der Waals surface area contributed by atoms with E-state index in [0.29, 0.717) is 18.5 Å². The maximum Gasteiger partial charge on any atom is 0.295 e. The Labute approximate surface area is 182 Å². The highest BCUT2D eigenvalue weighted by Crippen LogP contribution is 2.34. The number of aromatic amines is 1. The first-order valence-electron chi connectivity index (χ1n) is 10.4. The molecule has 4 atom stereocenters. The molecule has 170 valence electrons. The van der Waals surface area contributed by atoms with Crippen molar-refractivity contribution >= 4 is 16.7 Å². The Morgan fingerprint density at radius 3 is 2.66 bits per heavy atom. The number of imidazole rings is 1. The van der Waals surface area contributed by atoms with Crippen LogP contribution in [0.2, 0.25) is 0 Å². The number of halogens is 2. The molecule has 10 heteroatoms. The fraction of sp³-hybridized carbons (Fsp3) is 0.409. The summed E-state index contributed by atoms with van der Waals surface area (Å²) in [5.41, 5.74) is 1.07. The third-order valence-electron chi connectivity index (χ3n) is 6.01. The van der Waals surface area contributed by atoms with E-state index in [1.807, 2.05) is 4.90 Å². The minimum absolute atomic E-state index is 0.0337. The van der Waals surface area contributed by atoms with Crippen LogP contribution >= 0.6 is 0 Å². The van der Waals surface area contributed by atoms with E-state index in [1.165, 1.54) is 0 Å². The van der Waals surface area contributed by atoms with Gasteiger partial charge in [-0.2, -0.15) is 4.98 Å². The van der Waals surface area contributed by atoms with Gasteiger partial charge in [-0.3, -0.25) is 0 Å². The van der Waals surface area contributed by atoms with Crippen molar-refractivity contribution < 1.29 is 33.6 Å². The smallest absolute Gasteiger partial charge is 0.295 e. The van der Waals surface area contributed by atoms with Gasteiger partial charge in [0.2, 0.25) is 0 Å². The first-order chi connectivity index (χ1) is 15.4. The Morgan fingerprint density at radius 1 is 1.22 bits per heavy atom. The Kier molecular flexibility index (Phi) is 5.46. The average molecular weight is 447 g/mol. The molecule has 2 aliphatic heterocycles. The molecule has 2 aromatic carbocycles. The van der Waals surface area contributed by atoms with Crippen molar-refractivity contribution in [2.75, 3.05) is 31.2 Å². The second kappa shape index (κ2) is 8.28. The predicted octanol–water partition coefficient (Wildman–Crippen LogP) is 1.58. The van der Waals surface area contributed by atoms with Gasteiger partial charge in [0.15, 0.2) is 11.9 Å². The first-order valence-corrected chi connectivity index (χ1v) is 10.4. The predicted molar refractivity (Wildman–Crippen MR) is 112 cm³/mol. The quantitative estimate of drug-likeness (QED) is 0.470. The lowest BCUT2D eigenvalue weighted by atomic mass is 10.0. The fourth-order valence-electron chi connectivity index (χ4n) is 4.26. The summed E-state index contributed by atoms with van der Waals surface area (Å²) in [5.74, 6) is -1.58. The zero-order chi connectivity index (χ0) is 22.4. The van der Waals surface area contributed by atoms with E-state index in [0.717, 1.165) is 18.3 Å². The molecule has 0 spiro atoms. The molecule has 0 amide bonds. The topological polar surface area (TPSA) is 111 Å². The lowest BCUT2D eigenvalue weighted by molar-refractivity contribution is -0.00390. The van der Waals surface area contributed by atoms with Crippen molar-refractivity contribution in [3.8, 4) is 17.1 Å². The number of aliphatic hydroxyl groups is 3. The van der Waals surface area contributed by atoms with Crippen molar-refractivity contribution in [1.82, 2.24) is 9.97 Å². The van der Waals surface area contributed by atoms with Gasteiger partial charge in [0, 0.05) is 24.8 Å². The van der Waals surface area contributed by atoms with Crippen LogP contribution in [-0.4, -0.2) is 76.0 Å². The van der Waals surface area contributed by atoms with E-state index in [4.69, 9.17) is 14.6 Å². The SMILES string of the molecule is OC[C@H]1OC[C@@H](Oc2nc3c(F)c(-c4ccc(N5CC[C@@H](O)C5)cc4)c(F)cc3[nH]2)[C@H]1O. The lowest BCUT2D eigenvalue weighted by Crippen LogP contribution is -2.36. The Balaban J connectivity index is 1.42. The zero-order valence-corrected chi connectivity index (χ0v) is 17.0. The van der Waals surface area contributed by atoms with Crippen LogP contribution in [0.25, 0.3) is 22.2 Å². The van der Waals surface area contributed by atoms with E-state index in [2.05, 4.69) is 9.97 Å². The average Bonchev–Trinajstić information content (AvgIpc) is 3.48. The molecule has 8 nitrogen and oxygen atoms in total. The summed E-state index contributed by atoms with van der Waals surface area (Å²) >= 11 is 0. The molecule has 32 heavy (non-hydrogen) atoms. The normalized spacial score (nSPS) is 25.7. The summed E-state index contributed by atoms with van der Waals surface area (Å²) in [6, 6.07) is 7.89. The number of β-amino-alcohol motifs (C(OH)–C–C–N with tert-alkyl or cyclic N) is 1. The third-order valence-corrected chi connectivity index (χ3v) is 6.01. The molecule has 0 saturated carbocycles. The Hall–Kier alpha value is -2.79. The van der Waals surface area contributed by atoms with Gasteiger partial charge >= 0.3 is 0 Å². The maximum absolute atomic E-state index is 15.3. The molecule has 0 bridgehead atoms. The Morgan fingerprint density at radius 2 is 2.00 bits per heavy atom. The molecule has 2 aliphatic rings. The van der Waals surface area contributed by atoms with Gasteiger partial charge in [-0.1, -0.05) is 12.1 Å². The zero-order valence-electron chi connectivity index (χ0n) is 17.0. The summed E-state index contributed by atoms with van der Waals surface area (Å²) in [7, 11) is 0. The van der Waals surface area contributed by atoms with E-state index < -0.39 is 29.9 Å². The van der Waals surface area contributed by atoms with E-state index in [-0.39, 0.29) is 41.9 Å². The molecule has 5 rings (SSSR count). The standard InChI is InChI=1S/C22H23F2N3O5/c23-14-7-15-20(26-22(25-15)32-17-10-31-16(9-28)21(17)30)19(24)18(14)11-1-3-12(4-2-11)27-6-5-13(29)8-27/h1-4,7,13,16-17,21,28-30H,5-6,8-10H2,(H,25,26)/t13-,16-,17-,21+/m1/s1. The molecule has 4 N–H and O–H groups in total. The fourth-order valence-corrected chi connectivity index (χ4v) is 4.26. The monoisotopic (exact) mass is 447 g/mol. The molecule has 2 saturated heterocycles. The highest BCUT2D eigenvalue weighted by molar-refractivity contribution is 5.84. The minimum Gasteiger partial charge on any atom is -0.456 e. The van der Waals surface area contributed by atoms with Crippen LogP contribution in [0.3, 0.4) is 0 Å². The van der Waals surface area contributed by atoms with Crippen molar-refractivity contribution in [3.63, 3.8) is 0 Å². The number of anilines is 1. The number of rotatable bonds is 5.